The van der Waals surface area contributed by atoms with Crippen molar-refractivity contribution in [3.05, 3.63) is 71.8 Å². The van der Waals surface area contributed by atoms with Gasteiger partial charge in [-0.15, -0.1) is 0 Å². The Labute approximate surface area is 148 Å². The number of primary amides is 1. The number of amides is 3. The predicted octanol–water partition coefficient (Wildman–Crippen LogP) is 3.06. The highest BCUT2D eigenvalue weighted by Gasteiger charge is 2.17. The summed E-state index contributed by atoms with van der Waals surface area (Å²) in [4.78, 5) is 23.3. The van der Waals surface area contributed by atoms with Crippen molar-refractivity contribution in [1.29, 1.82) is 0 Å². The van der Waals surface area contributed by atoms with Crippen LogP contribution in [0.15, 0.2) is 54.7 Å². The van der Waals surface area contributed by atoms with Crippen molar-refractivity contribution in [2.24, 2.45) is 5.73 Å². The molecule has 0 unspecified atom stereocenters. The molecule has 0 fully saturated rings. The Hall–Kier alpha value is -3.68. The number of aromatic nitrogens is 2. The second-order valence-corrected chi connectivity index (χ2v) is 5.53. The van der Waals surface area contributed by atoms with Gasteiger partial charge in [0, 0.05) is 11.4 Å². The molecule has 0 saturated heterocycles. The Morgan fingerprint density at radius 2 is 1.65 bits per heavy atom. The van der Waals surface area contributed by atoms with E-state index >= 15 is 0 Å². The maximum atomic E-state index is 13.9. The average molecular weight is 353 g/mol. The summed E-state index contributed by atoms with van der Waals surface area (Å²) in [7, 11) is 0. The maximum Gasteiger partial charge on any atom is 0.316 e. The third kappa shape index (κ3) is 3.54. The minimum absolute atomic E-state index is 0.269. The number of anilines is 2. The molecule has 3 aromatic rings. The summed E-state index contributed by atoms with van der Waals surface area (Å²) in [6, 6.07) is 12.0. The van der Waals surface area contributed by atoms with Crippen LogP contribution in [-0.4, -0.2) is 21.7 Å². The lowest BCUT2D eigenvalue weighted by molar-refractivity contribution is 0.102. The first-order valence-corrected chi connectivity index (χ1v) is 7.73. The first kappa shape index (κ1) is 17.2. The predicted molar refractivity (Wildman–Crippen MR) is 95.9 cm³/mol. The molecule has 0 radical (unpaired) electrons. The van der Waals surface area contributed by atoms with Crippen LogP contribution in [-0.2, 0) is 0 Å². The molecule has 0 spiro atoms. The number of hydrogen-bond donors (Lipinski definition) is 3. The van der Waals surface area contributed by atoms with E-state index in [1.54, 1.807) is 49.4 Å². The molecule has 1 aromatic heterocycles. The quantitative estimate of drug-likeness (QED) is 0.672. The maximum absolute atomic E-state index is 13.9. The van der Waals surface area contributed by atoms with Crippen molar-refractivity contribution < 1.29 is 14.0 Å². The van der Waals surface area contributed by atoms with Gasteiger partial charge in [0.15, 0.2) is 0 Å². The average Bonchev–Trinajstić information content (AvgIpc) is 2.98. The van der Waals surface area contributed by atoms with E-state index in [1.165, 1.54) is 16.9 Å². The minimum Gasteiger partial charge on any atom is -0.351 e. The van der Waals surface area contributed by atoms with E-state index < -0.39 is 11.8 Å². The molecule has 3 rings (SSSR count). The van der Waals surface area contributed by atoms with Crippen LogP contribution in [0.25, 0.3) is 5.69 Å². The number of urea groups is 1. The van der Waals surface area contributed by atoms with Gasteiger partial charge in [-0.3, -0.25) is 4.79 Å². The molecule has 0 aliphatic heterocycles. The third-order valence-electron chi connectivity index (χ3n) is 3.75. The van der Waals surface area contributed by atoms with Crippen LogP contribution >= 0.6 is 0 Å². The highest BCUT2D eigenvalue weighted by Crippen LogP contribution is 2.19. The molecule has 0 bridgehead atoms. The number of carbonyl (C=O) groups is 2. The van der Waals surface area contributed by atoms with Crippen molar-refractivity contribution in [3.8, 4) is 5.69 Å². The van der Waals surface area contributed by atoms with Crippen molar-refractivity contribution in [2.45, 2.75) is 6.92 Å². The summed E-state index contributed by atoms with van der Waals surface area (Å²) < 4.78 is 15.3. The van der Waals surface area contributed by atoms with Gasteiger partial charge in [-0.2, -0.15) is 5.10 Å². The van der Waals surface area contributed by atoms with Crippen LogP contribution < -0.4 is 16.4 Å². The molecule has 3 amide bonds. The minimum atomic E-state index is -0.669. The van der Waals surface area contributed by atoms with E-state index in [9.17, 15) is 14.0 Å². The lowest BCUT2D eigenvalue weighted by atomic mass is 10.2. The van der Waals surface area contributed by atoms with Gasteiger partial charge in [0.25, 0.3) is 5.91 Å². The number of rotatable bonds is 4. The molecule has 1 heterocycles. The van der Waals surface area contributed by atoms with E-state index in [0.717, 1.165) is 0 Å². The smallest absolute Gasteiger partial charge is 0.316 e. The molecular formula is C18H16FN5O2. The zero-order valence-corrected chi connectivity index (χ0v) is 13.9. The van der Waals surface area contributed by atoms with Gasteiger partial charge in [-0.05, 0) is 43.3 Å². The zero-order valence-electron chi connectivity index (χ0n) is 13.9. The van der Waals surface area contributed by atoms with Crippen LogP contribution in [0.2, 0.25) is 0 Å². The number of para-hydroxylation sites is 1. The Kier molecular flexibility index (Phi) is 4.66. The van der Waals surface area contributed by atoms with Crippen LogP contribution in [0.3, 0.4) is 0 Å². The summed E-state index contributed by atoms with van der Waals surface area (Å²) >= 11 is 0. The van der Waals surface area contributed by atoms with E-state index in [0.29, 0.717) is 22.6 Å². The lowest BCUT2D eigenvalue weighted by Crippen LogP contribution is -2.19. The second kappa shape index (κ2) is 7.06. The molecule has 7 nitrogen and oxygen atoms in total. The van der Waals surface area contributed by atoms with Crippen LogP contribution in [0, 0.1) is 12.7 Å². The number of nitrogens with two attached hydrogens (primary N) is 1. The Balaban J connectivity index is 1.79. The van der Waals surface area contributed by atoms with Gasteiger partial charge in [-0.25, -0.2) is 13.9 Å². The van der Waals surface area contributed by atoms with Crippen molar-refractivity contribution in [3.63, 3.8) is 0 Å². The number of nitrogens with zero attached hydrogens (tertiary/aromatic N) is 2. The highest BCUT2D eigenvalue weighted by atomic mass is 19.1. The van der Waals surface area contributed by atoms with Crippen LogP contribution in [0.1, 0.15) is 16.1 Å². The number of hydrogen-bond acceptors (Lipinski definition) is 3. The van der Waals surface area contributed by atoms with E-state index in [4.69, 9.17) is 5.73 Å². The Bertz CT molecular complexity index is 966. The highest BCUT2D eigenvalue weighted by molar-refractivity contribution is 6.05. The number of benzene rings is 2. The molecule has 2 aromatic carbocycles. The standard InChI is InChI=1S/C18H16FN5O2/c1-11-14(10-21-24(11)16-5-3-2-4-15(16)19)17(25)22-12-6-8-13(9-7-12)23-18(20)26/h2-10H,1H3,(H,22,25)(H3,20,23,26). The molecule has 8 heteroatoms. The van der Waals surface area contributed by atoms with Gasteiger partial charge in [0.2, 0.25) is 0 Å². The van der Waals surface area contributed by atoms with Gasteiger partial charge in [0.05, 0.1) is 17.5 Å². The number of halogens is 1. The van der Waals surface area contributed by atoms with Crippen LogP contribution in [0.5, 0.6) is 0 Å². The molecule has 0 aliphatic carbocycles. The van der Waals surface area contributed by atoms with E-state index in [-0.39, 0.29) is 11.6 Å². The van der Waals surface area contributed by atoms with E-state index in [2.05, 4.69) is 15.7 Å². The fourth-order valence-corrected chi connectivity index (χ4v) is 2.48. The summed E-state index contributed by atoms with van der Waals surface area (Å²) in [6.07, 6.45) is 1.39. The lowest BCUT2D eigenvalue weighted by Gasteiger charge is -2.08. The summed E-state index contributed by atoms with van der Waals surface area (Å²) in [5, 5.41) is 9.27. The summed E-state index contributed by atoms with van der Waals surface area (Å²) in [6.45, 7) is 1.69. The Morgan fingerprint density at radius 3 is 2.27 bits per heavy atom. The second-order valence-electron chi connectivity index (χ2n) is 5.53. The first-order valence-electron chi connectivity index (χ1n) is 7.73. The molecule has 26 heavy (non-hydrogen) atoms. The molecule has 0 aliphatic rings. The SMILES string of the molecule is Cc1c(C(=O)Nc2ccc(NC(N)=O)cc2)cnn1-c1ccccc1F. The molecule has 0 saturated carbocycles. The molecular weight excluding hydrogens is 337 g/mol. The zero-order chi connectivity index (χ0) is 18.7. The third-order valence-corrected chi connectivity index (χ3v) is 3.75. The van der Waals surface area contributed by atoms with Gasteiger partial charge < -0.3 is 16.4 Å². The normalized spacial score (nSPS) is 10.4. The molecule has 0 atom stereocenters. The van der Waals surface area contributed by atoms with Crippen molar-refractivity contribution in [2.75, 3.05) is 10.6 Å². The molecule has 4 N–H and O–H groups in total. The van der Waals surface area contributed by atoms with Crippen molar-refractivity contribution >= 4 is 23.3 Å². The first-order chi connectivity index (χ1) is 12.5. The largest absolute Gasteiger partial charge is 0.351 e. The van der Waals surface area contributed by atoms with E-state index in [1.807, 2.05) is 0 Å². The number of carbonyl (C=O) groups excluding carboxylic acids is 2. The number of nitrogens with one attached hydrogen (secondary N) is 2. The Morgan fingerprint density at radius 1 is 1.04 bits per heavy atom. The molecule has 132 valence electrons. The topological polar surface area (TPSA) is 102 Å². The fourth-order valence-electron chi connectivity index (χ4n) is 2.48. The monoisotopic (exact) mass is 353 g/mol. The van der Waals surface area contributed by atoms with Crippen LogP contribution in [0.4, 0.5) is 20.6 Å². The fraction of sp³-hybridized carbons (Fsp3) is 0.0556. The van der Waals surface area contributed by atoms with Gasteiger partial charge in [-0.1, -0.05) is 12.1 Å². The summed E-state index contributed by atoms with van der Waals surface area (Å²) in [5.74, 6) is -0.802. The van der Waals surface area contributed by atoms with Gasteiger partial charge in [0.1, 0.15) is 11.5 Å². The van der Waals surface area contributed by atoms with Crippen molar-refractivity contribution in [1.82, 2.24) is 9.78 Å². The van der Waals surface area contributed by atoms with Gasteiger partial charge >= 0.3 is 6.03 Å². The summed E-state index contributed by atoms with van der Waals surface area (Å²) in [5.41, 5.74) is 7.19.